The van der Waals surface area contributed by atoms with Crippen LogP contribution >= 0.6 is 24.2 Å². The first kappa shape index (κ1) is 16.9. The number of thioether (sulfide) groups is 1. The zero-order valence-corrected chi connectivity index (χ0v) is 14.2. The molecule has 2 N–H and O–H groups in total. The number of hydrogen-bond donors (Lipinski definition) is 1. The van der Waals surface area contributed by atoms with Gasteiger partial charge in [0.05, 0.1) is 4.87 Å². The van der Waals surface area contributed by atoms with Gasteiger partial charge in [-0.15, -0.1) is 24.2 Å². The van der Waals surface area contributed by atoms with Crippen molar-refractivity contribution in [3.8, 4) is 0 Å². The molecule has 5 nitrogen and oxygen atoms in total. The molecule has 0 aromatic carbocycles. The molecule has 3 heterocycles. The van der Waals surface area contributed by atoms with E-state index >= 15 is 0 Å². The highest BCUT2D eigenvalue weighted by Gasteiger charge is 2.54. The molecule has 2 amide bonds. The quantitative estimate of drug-likeness (QED) is 0.820. The van der Waals surface area contributed by atoms with Gasteiger partial charge in [-0.1, -0.05) is 0 Å². The summed E-state index contributed by atoms with van der Waals surface area (Å²) in [5, 5.41) is 0. The highest BCUT2D eigenvalue weighted by Crippen LogP contribution is 2.47. The molecular weight excluding hydrogens is 310 g/mol. The number of fused-ring (bicyclic) bond motifs is 1. The van der Waals surface area contributed by atoms with Crippen molar-refractivity contribution in [1.29, 1.82) is 0 Å². The predicted octanol–water partition coefficient (Wildman–Crippen LogP) is 1.06. The van der Waals surface area contributed by atoms with Crippen LogP contribution in [0.4, 0.5) is 0 Å². The number of amides is 2. The second kappa shape index (κ2) is 5.97. The van der Waals surface area contributed by atoms with Crippen LogP contribution in [0.1, 0.15) is 33.1 Å². The Morgan fingerprint density at radius 3 is 2.86 bits per heavy atom. The molecule has 3 aliphatic heterocycles. The summed E-state index contributed by atoms with van der Waals surface area (Å²) in [5.41, 5.74) is 5.73. The van der Waals surface area contributed by atoms with Crippen LogP contribution in [0.5, 0.6) is 0 Å². The van der Waals surface area contributed by atoms with E-state index in [2.05, 4.69) is 13.8 Å². The monoisotopic (exact) mass is 333 g/mol. The van der Waals surface area contributed by atoms with Gasteiger partial charge in [0, 0.05) is 24.8 Å². The van der Waals surface area contributed by atoms with Crippen LogP contribution in [0.15, 0.2) is 0 Å². The number of hydrogen-bond acceptors (Lipinski definition) is 4. The Kier molecular flexibility index (Phi) is 4.81. The topological polar surface area (TPSA) is 66.6 Å². The summed E-state index contributed by atoms with van der Waals surface area (Å²) >= 11 is 1.75. The SMILES string of the molecule is CC1CC(CN)CN1C(=O)C1CSC2(C)CCC(=O)N12.Cl. The van der Waals surface area contributed by atoms with Crippen LogP contribution in [0.3, 0.4) is 0 Å². The van der Waals surface area contributed by atoms with Gasteiger partial charge in [-0.05, 0) is 39.2 Å². The Labute approximate surface area is 136 Å². The van der Waals surface area contributed by atoms with Crippen molar-refractivity contribution in [3.05, 3.63) is 0 Å². The van der Waals surface area contributed by atoms with Gasteiger partial charge in [0.2, 0.25) is 11.8 Å². The summed E-state index contributed by atoms with van der Waals surface area (Å²) in [7, 11) is 0. The van der Waals surface area contributed by atoms with E-state index in [0.717, 1.165) is 25.1 Å². The molecule has 120 valence electrons. The molecule has 0 aliphatic carbocycles. The van der Waals surface area contributed by atoms with Crippen LogP contribution in [-0.4, -0.2) is 57.4 Å². The minimum absolute atomic E-state index is 0. The number of nitrogens with zero attached hydrogens (tertiary/aromatic N) is 2. The maximum atomic E-state index is 12.8. The number of likely N-dealkylation sites (tertiary alicyclic amines) is 1. The molecular formula is C14H24ClN3O2S. The van der Waals surface area contributed by atoms with Crippen molar-refractivity contribution in [2.45, 2.75) is 50.1 Å². The lowest BCUT2D eigenvalue weighted by molar-refractivity contribution is -0.144. The summed E-state index contributed by atoms with van der Waals surface area (Å²) in [6.07, 6.45) is 2.42. The van der Waals surface area contributed by atoms with E-state index < -0.39 is 0 Å². The minimum atomic E-state index is -0.265. The lowest BCUT2D eigenvalue weighted by atomic mass is 10.1. The fourth-order valence-electron chi connectivity index (χ4n) is 3.82. The molecule has 0 bridgehead atoms. The van der Waals surface area contributed by atoms with Crippen LogP contribution in [0, 0.1) is 5.92 Å². The molecule has 7 heteroatoms. The largest absolute Gasteiger partial charge is 0.338 e. The van der Waals surface area contributed by atoms with Gasteiger partial charge in [-0.2, -0.15) is 0 Å². The Morgan fingerprint density at radius 1 is 1.52 bits per heavy atom. The van der Waals surface area contributed by atoms with Gasteiger partial charge in [-0.3, -0.25) is 9.59 Å². The van der Waals surface area contributed by atoms with Gasteiger partial charge >= 0.3 is 0 Å². The van der Waals surface area contributed by atoms with E-state index in [1.807, 2.05) is 9.80 Å². The standard InChI is InChI=1S/C14H23N3O2S.ClH/c1-9-5-10(6-15)7-16(9)13(19)11-8-20-14(2)4-3-12(18)17(11)14;/h9-11H,3-8,15H2,1-2H3;1H. The predicted molar refractivity (Wildman–Crippen MR) is 86.3 cm³/mol. The van der Waals surface area contributed by atoms with Crippen LogP contribution in [-0.2, 0) is 9.59 Å². The smallest absolute Gasteiger partial charge is 0.246 e. The second-order valence-electron chi connectivity index (χ2n) is 6.44. The Balaban J connectivity index is 0.00000161. The molecule has 3 rings (SSSR count). The summed E-state index contributed by atoms with van der Waals surface area (Å²) < 4.78 is 0. The van der Waals surface area contributed by atoms with Gasteiger partial charge in [0.1, 0.15) is 6.04 Å². The number of carbonyl (C=O) groups excluding carboxylic acids is 2. The number of carbonyl (C=O) groups is 2. The van der Waals surface area contributed by atoms with Crippen molar-refractivity contribution < 1.29 is 9.59 Å². The molecule has 3 fully saturated rings. The van der Waals surface area contributed by atoms with Crippen molar-refractivity contribution in [2.24, 2.45) is 11.7 Å². The molecule has 0 saturated carbocycles. The van der Waals surface area contributed by atoms with Crippen molar-refractivity contribution in [1.82, 2.24) is 9.80 Å². The zero-order chi connectivity index (χ0) is 14.5. The van der Waals surface area contributed by atoms with E-state index in [1.54, 1.807) is 11.8 Å². The lowest BCUT2D eigenvalue weighted by Crippen LogP contribution is -2.52. The zero-order valence-electron chi connectivity index (χ0n) is 12.6. The first-order valence-corrected chi connectivity index (χ1v) is 8.41. The summed E-state index contributed by atoms with van der Waals surface area (Å²) in [4.78, 5) is 28.6. The van der Waals surface area contributed by atoms with Crippen LogP contribution in [0.25, 0.3) is 0 Å². The van der Waals surface area contributed by atoms with E-state index in [9.17, 15) is 9.59 Å². The van der Waals surface area contributed by atoms with Gasteiger partial charge in [0.25, 0.3) is 0 Å². The highest BCUT2D eigenvalue weighted by molar-refractivity contribution is 8.01. The Bertz CT molecular complexity index is 450. The molecule has 0 aromatic rings. The third-order valence-electron chi connectivity index (χ3n) is 5.01. The van der Waals surface area contributed by atoms with E-state index in [1.165, 1.54) is 0 Å². The molecule has 0 aromatic heterocycles. The number of halogens is 1. The highest BCUT2D eigenvalue weighted by atomic mass is 35.5. The molecule has 0 radical (unpaired) electrons. The molecule has 4 atom stereocenters. The van der Waals surface area contributed by atoms with Crippen LogP contribution < -0.4 is 5.73 Å². The average molecular weight is 334 g/mol. The fraction of sp³-hybridized carbons (Fsp3) is 0.857. The molecule has 0 spiro atoms. The lowest BCUT2D eigenvalue weighted by Gasteiger charge is -2.33. The molecule has 4 unspecified atom stereocenters. The Hall–Kier alpha value is -0.460. The first-order valence-electron chi connectivity index (χ1n) is 7.43. The third-order valence-corrected chi connectivity index (χ3v) is 6.51. The fourth-order valence-corrected chi connectivity index (χ4v) is 5.24. The van der Waals surface area contributed by atoms with Gasteiger partial charge in [-0.25, -0.2) is 0 Å². The van der Waals surface area contributed by atoms with Crippen molar-refractivity contribution in [2.75, 3.05) is 18.8 Å². The summed E-state index contributed by atoms with van der Waals surface area (Å²) in [6, 6.07) is -0.0235. The van der Waals surface area contributed by atoms with Crippen molar-refractivity contribution >= 4 is 36.0 Å². The second-order valence-corrected chi connectivity index (χ2v) is 7.94. The van der Waals surface area contributed by atoms with E-state index in [4.69, 9.17) is 5.73 Å². The average Bonchev–Trinajstić information content (AvgIpc) is 3.04. The Morgan fingerprint density at radius 2 is 2.24 bits per heavy atom. The molecule has 21 heavy (non-hydrogen) atoms. The normalized spacial score (nSPS) is 38.6. The van der Waals surface area contributed by atoms with E-state index in [0.29, 0.717) is 18.9 Å². The number of nitrogens with two attached hydrogens (primary N) is 1. The number of rotatable bonds is 2. The molecule has 3 saturated heterocycles. The third kappa shape index (κ3) is 2.66. The maximum absolute atomic E-state index is 12.8. The van der Waals surface area contributed by atoms with Crippen LogP contribution in [0.2, 0.25) is 0 Å². The molecule has 3 aliphatic rings. The van der Waals surface area contributed by atoms with Gasteiger partial charge in [0.15, 0.2) is 0 Å². The van der Waals surface area contributed by atoms with E-state index in [-0.39, 0.29) is 41.2 Å². The van der Waals surface area contributed by atoms with Gasteiger partial charge < -0.3 is 15.5 Å². The summed E-state index contributed by atoms with van der Waals surface area (Å²) in [6.45, 7) is 5.55. The van der Waals surface area contributed by atoms with Crippen molar-refractivity contribution in [3.63, 3.8) is 0 Å². The maximum Gasteiger partial charge on any atom is 0.246 e. The summed E-state index contributed by atoms with van der Waals surface area (Å²) in [5.74, 6) is 1.40. The minimum Gasteiger partial charge on any atom is -0.338 e. The first-order chi connectivity index (χ1) is 9.46.